The van der Waals surface area contributed by atoms with Crippen molar-refractivity contribution in [3.05, 3.63) is 51.8 Å². The van der Waals surface area contributed by atoms with Crippen LogP contribution >= 0.6 is 11.6 Å². The summed E-state index contributed by atoms with van der Waals surface area (Å²) in [6.07, 6.45) is 6.33. The van der Waals surface area contributed by atoms with Gasteiger partial charge in [-0.3, -0.25) is 14.8 Å². The highest BCUT2D eigenvalue weighted by atomic mass is 35.5. The van der Waals surface area contributed by atoms with Gasteiger partial charge in [0.05, 0.1) is 17.1 Å². The standard InChI is InChI=1S/C27H32ClN5O3/c1-4-13-36-27(35)33-11-9-32(10-12-33)26(34)20-6-8-22-24(15-20)31-23-14-19(5-7-21(23)25(22)28)18(2)16-30-17-29-3/h6,8,15-17,19H,3-5,7,9-14H2,1-2H3/b18-16+,30-17-. The molecular formula is C27H32ClN5O3. The van der Waals surface area contributed by atoms with Crippen LogP contribution in [0.15, 0.2) is 40.0 Å². The second-order valence-electron chi connectivity index (χ2n) is 9.24. The second-order valence-corrected chi connectivity index (χ2v) is 9.61. The minimum atomic E-state index is -0.314. The Morgan fingerprint density at radius 3 is 2.72 bits per heavy atom. The fourth-order valence-electron chi connectivity index (χ4n) is 4.77. The molecule has 1 aromatic heterocycles. The summed E-state index contributed by atoms with van der Waals surface area (Å²) in [5.74, 6) is 0.255. The normalized spacial score (nSPS) is 18.4. The first-order valence-corrected chi connectivity index (χ1v) is 12.8. The number of hydrogen-bond acceptors (Lipinski definition) is 5. The Bertz CT molecular complexity index is 1220. The van der Waals surface area contributed by atoms with Crippen molar-refractivity contribution in [3.8, 4) is 0 Å². The molecule has 0 radical (unpaired) electrons. The molecule has 36 heavy (non-hydrogen) atoms. The number of pyridine rings is 1. The number of ether oxygens (including phenoxy) is 1. The maximum absolute atomic E-state index is 13.2. The number of halogens is 1. The van der Waals surface area contributed by atoms with Crippen LogP contribution in [0.25, 0.3) is 10.9 Å². The Morgan fingerprint density at radius 1 is 1.25 bits per heavy atom. The molecule has 2 amide bonds. The third-order valence-electron chi connectivity index (χ3n) is 6.86. The van der Waals surface area contributed by atoms with Crippen molar-refractivity contribution in [2.24, 2.45) is 15.9 Å². The SMILES string of the molecule is C=N/C=N\C=C(/C)C1CCc2c(nc3cc(C(=O)N4CCN(C(=O)OCCC)CC4)ccc3c2Cl)C1. The van der Waals surface area contributed by atoms with Gasteiger partial charge in [0.2, 0.25) is 0 Å². The van der Waals surface area contributed by atoms with Crippen LogP contribution in [0.3, 0.4) is 0 Å². The van der Waals surface area contributed by atoms with Crippen LogP contribution in [-0.4, -0.2) is 72.6 Å². The Balaban J connectivity index is 1.50. The summed E-state index contributed by atoms with van der Waals surface area (Å²) >= 11 is 6.81. The van der Waals surface area contributed by atoms with E-state index in [2.05, 4.69) is 23.6 Å². The van der Waals surface area contributed by atoms with Crippen LogP contribution in [0, 0.1) is 5.92 Å². The third-order valence-corrected chi connectivity index (χ3v) is 7.29. The number of carbonyl (C=O) groups is 2. The molecule has 8 nitrogen and oxygen atoms in total. The monoisotopic (exact) mass is 509 g/mol. The highest BCUT2D eigenvalue weighted by Crippen LogP contribution is 2.37. The van der Waals surface area contributed by atoms with Gasteiger partial charge in [0.25, 0.3) is 5.91 Å². The number of amides is 2. The van der Waals surface area contributed by atoms with Gasteiger partial charge >= 0.3 is 6.09 Å². The molecule has 0 saturated carbocycles. The quantitative estimate of drug-likeness (QED) is 0.408. The van der Waals surface area contributed by atoms with Crippen molar-refractivity contribution in [2.75, 3.05) is 32.8 Å². The van der Waals surface area contributed by atoms with Crippen LogP contribution < -0.4 is 0 Å². The number of fused-ring (bicyclic) bond motifs is 2. The summed E-state index contributed by atoms with van der Waals surface area (Å²) in [7, 11) is 0. The minimum Gasteiger partial charge on any atom is -0.449 e. The zero-order valence-corrected chi connectivity index (χ0v) is 21.6. The summed E-state index contributed by atoms with van der Waals surface area (Å²) in [5.41, 5.74) is 4.53. The van der Waals surface area contributed by atoms with Gasteiger partial charge in [-0.15, -0.1) is 0 Å². The van der Waals surface area contributed by atoms with Crippen LogP contribution in [-0.2, 0) is 17.6 Å². The average molecular weight is 510 g/mol. The molecule has 2 aliphatic rings. The predicted octanol–water partition coefficient (Wildman–Crippen LogP) is 4.93. The summed E-state index contributed by atoms with van der Waals surface area (Å²) < 4.78 is 5.21. The van der Waals surface area contributed by atoms with E-state index < -0.39 is 0 Å². The van der Waals surface area contributed by atoms with E-state index in [4.69, 9.17) is 21.3 Å². The van der Waals surface area contributed by atoms with E-state index in [9.17, 15) is 9.59 Å². The number of nitrogens with zero attached hydrogens (tertiary/aromatic N) is 5. The largest absolute Gasteiger partial charge is 0.449 e. The first-order chi connectivity index (χ1) is 17.4. The summed E-state index contributed by atoms with van der Waals surface area (Å²) in [4.78, 5) is 41.5. The lowest BCUT2D eigenvalue weighted by Gasteiger charge is -2.34. The van der Waals surface area contributed by atoms with Gasteiger partial charge in [-0.05, 0) is 62.9 Å². The molecule has 0 bridgehead atoms. The molecule has 2 heterocycles. The average Bonchev–Trinajstić information content (AvgIpc) is 2.91. The Morgan fingerprint density at radius 2 is 2.00 bits per heavy atom. The van der Waals surface area contributed by atoms with E-state index in [1.807, 2.05) is 31.3 Å². The summed E-state index contributed by atoms with van der Waals surface area (Å²) in [6, 6.07) is 5.54. The summed E-state index contributed by atoms with van der Waals surface area (Å²) in [5, 5.41) is 1.59. The van der Waals surface area contributed by atoms with Crippen molar-refractivity contribution in [2.45, 2.75) is 39.5 Å². The second kappa shape index (κ2) is 11.6. The molecule has 0 N–H and O–H groups in total. The highest BCUT2D eigenvalue weighted by Gasteiger charge is 2.27. The molecule has 4 rings (SSSR count). The number of carbonyl (C=O) groups excluding carboxylic acids is 2. The van der Waals surface area contributed by atoms with Crippen molar-refractivity contribution in [1.29, 1.82) is 0 Å². The van der Waals surface area contributed by atoms with Crippen molar-refractivity contribution in [1.82, 2.24) is 14.8 Å². The lowest BCUT2D eigenvalue weighted by Crippen LogP contribution is -2.50. The maximum atomic E-state index is 13.2. The van der Waals surface area contributed by atoms with Crippen molar-refractivity contribution in [3.63, 3.8) is 0 Å². The molecule has 2 aromatic rings. The molecule has 1 fully saturated rings. The van der Waals surface area contributed by atoms with Crippen LogP contribution in [0.2, 0.25) is 5.02 Å². The zero-order chi connectivity index (χ0) is 25.7. The molecule has 1 aliphatic carbocycles. The van der Waals surface area contributed by atoms with Gasteiger partial charge in [-0.1, -0.05) is 30.2 Å². The Hall–Kier alpha value is -3.26. The molecule has 190 valence electrons. The van der Waals surface area contributed by atoms with E-state index in [1.165, 1.54) is 11.9 Å². The fraction of sp³-hybridized carbons (Fsp3) is 0.444. The molecule has 0 spiro atoms. The van der Waals surface area contributed by atoms with Crippen molar-refractivity contribution >= 4 is 47.6 Å². The first kappa shape index (κ1) is 25.8. The Kier molecular flexibility index (Phi) is 8.36. The molecule has 1 atom stereocenters. The smallest absolute Gasteiger partial charge is 0.409 e. The molecule has 1 unspecified atom stereocenters. The molecule has 1 saturated heterocycles. The van der Waals surface area contributed by atoms with E-state index in [0.717, 1.165) is 52.9 Å². The lowest BCUT2D eigenvalue weighted by molar-refractivity contribution is 0.0560. The van der Waals surface area contributed by atoms with E-state index in [0.29, 0.717) is 44.3 Å². The topological polar surface area (TPSA) is 87.5 Å². The number of rotatable bonds is 6. The van der Waals surface area contributed by atoms with Gasteiger partial charge in [0.1, 0.15) is 6.34 Å². The van der Waals surface area contributed by atoms with Gasteiger partial charge in [-0.2, -0.15) is 0 Å². The Labute approximate surface area is 216 Å². The van der Waals surface area contributed by atoms with Gasteiger partial charge < -0.3 is 14.5 Å². The molecular weight excluding hydrogens is 478 g/mol. The summed E-state index contributed by atoms with van der Waals surface area (Å²) in [6.45, 7) is 9.69. The number of hydrogen-bond donors (Lipinski definition) is 0. The van der Waals surface area contributed by atoms with Crippen LogP contribution in [0.4, 0.5) is 4.79 Å². The molecule has 1 aromatic carbocycles. The van der Waals surface area contributed by atoms with E-state index in [-0.39, 0.29) is 12.0 Å². The highest BCUT2D eigenvalue weighted by molar-refractivity contribution is 6.36. The lowest BCUT2D eigenvalue weighted by atomic mass is 9.82. The predicted molar refractivity (Wildman–Crippen MR) is 143 cm³/mol. The van der Waals surface area contributed by atoms with Crippen LogP contribution in [0.1, 0.15) is 48.3 Å². The van der Waals surface area contributed by atoms with Crippen molar-refractivity contribution < 1.29 is 14.3 Å². The minimum absolute atomic E-state index is 0.0699. The first-order valence-electron chi connectivity index (χ1n) is 12.4. The van der Waals surface area contributed by atoms with Gasteiger partial charge in [0.15, 0.2) is 0 Å². The number of aliphatic imine (C=N–C) groups is 2. The zero-order valence-electron chi connectivity index (χ0n) is 20.9. The molecule has 9 heteroatoms. The molecule has 1 aliphatic heterocycles. The maximum Gasteiger partial charge on any atom is 0.409 e. The van der Waals surface area contributed by atoms with E-state index >= 15 is 0 Å². The fourth-order valence-corrected chi connectivity index (χ4v) is 5.13. The van der Waals surface area contributed by atoms with Gasteiger partial charge in [-0.25, -0.2) is 9.79 Å². The number of aromatic nitrogens is 1. The number of piperazine rings is 1. The third kappa shape index (κ3) is 5.59. The van der Waals surface area contributed by atoms with E-state index in [1.54, 1.807) is 9.80 Å². The van der Waals surface area contributed by atoms with Crippen LogP contribution in [0.5, 0.6) is 0 Å². The number of allylic oxidation sites excluding steroid dienone is 1. The van der Waals surface area contributed by atoms with Gasteiger partial charge in [0, 0.05) is 49.0 Å². The number of benzene rings is 1.